The second kappa shape index (κ2) is 6.20. The Morgan fingerprint density at radius 2 is 2.53 bits per heavy atom. The first-order chi connectivity index (χ1) is 7.22. The van der Waals surface area contributed by atoms with Crippen LogP contribution in [0.1, 0.15) is 24.6 Å². The Morgan fingerprint density at radius 3 is 3.13 bits per heavy atom. The molecule has 1 aromatic heterocycles. The first kappa shape index (κ1) is 11.7. The van der Waals surface area contributed by atoms with Gasteiger partial charge in [-0.3, -0.25) is 5.41 Å². The Bertz CT molecular complexity index is 337. The second-order valence-electron chi connectivity index (χ2n) is 3.48. The summed E-state index contributed by atoms with van der Waals surface area (Å²) < 4.78 is 0. The molecular weight excluding hydrogens is 206 g/mol. The summed E-state index contributed by atoms with van der Waals surface area (Å²) in [6.45, 7) is 2.04. The van der Waals surface area contributed by atoms with Gasteiger partial charge in [0.25, 0.3) is 0 Å². The van der Waals surface area contributed by atoms with Crippen molar-refractivity contribution >= 4 is 17.2 Å². The Hall–Kier alpha value is -1.34. The predicted octanol–water partition coefficient (Wildman–Crippen LogP) is 2.55. The standard InChI is InChI=1S/C11H15N3S/c1-9(14-11(13)6-7-12)4-5-10-3-2-8-15-10/h2-3,8-9H,4-6H2,1H3,(H2,13,14). The van der Waals surface area contributed by atoms with Crippen LogP contribution >= 0.6 is 11.3 Å². The zero-order chi connectivity index (χ0) is 11.1. The molecule has 80 valence electrons. The molecule has 0 radical (unpaired) electrons. The molecule has 4 heteroatoms. The fourth-order valence-corrected chi connectivity index (χ4v) is 2.04. The van der Waals surface area contributed by atoms with Crippen LogP contribution in [0.25, 0.3) is 0 Å². The van der Waals surface area contributed by atoms with Crippen LogP contribution in [0, 0.1) is 16.7 Å². The lowest BCUT2D eigenvalue weighted by Crippen LogP contribution is -2.31. The maximum atomic E-state index is 8.40. The average molecular weight is 221 g/mol. The summed E-state index contributed by atoms with van der Waals surface area (Å²) in [7, 11) is 0. The van der Waals surface area contributed by atoms with E-state index in [2.05, 4.69) is 22.8 Å². The fourth-order valence-electron chi connectivity index (χ4n) is 1.31. The molecule has 3 nitrogen and oxygen atoms in total. The minimum absolute atomic E-state index is 0.170. The molecule has 0 fully saturated rings. The Morgan fingerprint density at radius 1 is 1.73 bits per heavy atom. The van der Waals surface area contributed by atoms with E-state index in [0.29, 0.717) is 5.84 Å². The van der Waals surface area contributed by atoms with Crippen LogP contribution in [0.2, 0.25) is 0 Å². The molecule has 0 aliphatic rings. The zero-order valence-electron chi connectivity index (χ0n) is 8.79. The maximum absolute atomic E-state index is 8.40. The summed E-state index contributed by atoms with van der Waals surface area (Å²) in [5.74, 6) is 0.316. The lowest BCUT2D eigenvalue weighted by atomic mass is 10.1. The van der Waals surface area contributed by atoms with Gasteiger partial charge in [-0.2, -0.15) is 5.26 Å². The molecule has 0 saturated carbocycles. The largest absolute Gasteiger partial charge is 0.371 e. The van der Waals surface area contributed by atoms with E-state index in [1.54, 1.807) is 11.3 Å². The van der Waals surface area contributed by atoms with Crippen molar-refractivity contribution in [2.24, 2.45) is 0 Å². The molecule has 1 rings (SSSR count). The summed E-state index contributed by atoms with van der Waals surface area (Å²) in [6, 6.07) is 6.39. The first-order valence-electron chi connectivity index (χ1n) is 4.95. The van der Waals surface area contributed by atoms with E-state index in [-0.39, 0.29) is 12.5 Å². The topological polar surface area (TPSA) is 59.7 Å². The van der Waals surface area contributed by atoms with Gasteiger partial charge in [0.2, 0.25) is 0 Å². The van der Waals surface area contributed by atoms with Crippen LogP contribution in [0.15, 0.2) is 17.5 Å². The van der Waals surface area contributed by atoms with E-state index in [0.717, 1.165) is 12.8 Å². The molecule has 1 atom stereocenters. The van der Waals surface area contributed by atoms with Crippen LogP contribution in [0.5, 0.6) is 0 Å². The van der Waals surface area contributed by atoms with E-state index in [1.807, 2.05) is 13.0 Å². The molecule has 0 amide bonds. The number of rotatable bonds is 5. The summed E-state index contributed by atoms with van der Waals surface area (Å²) in [4.78, 5) is 1.37. The molecule has 0 aliphatic heterocycles. The fraction of sp³-hybridized carbons (Fsp3) is 0.455. The molecule has 0 bridgehead atoms. The van der Waals surface area contributed by atoms with E-state index >= 15 is 0 Å². The normalized spacial score (nSPS) is 11.7. The third-order valence-corrected chi connectivity index (χ3v) is 3.02. The van der Waals surface area contributed by atoms with Crippen molar-refractivity contribution < 1.29 is 0 Å². The van der Waals surface area contributed by atoms with E-state index in [1.165, 1.54) is 4.88 Å². The predicted molar refractivity (Wildman–Crippen MR) is 63.2 cm³/mol. The van der Waals surface area contributed by atoms with Gasteiger partial charge in [0.15, 0.2) is 0 Å². The Labute approximate surface area is 94.3 Å². The number of thiophene rings is 1. The lowest BCUT2D eigenvalue weighted by Gasteiger charge is -2.13. The zero-order valence-corrected chi connectivity index (χ0v) is 9.60. The highest BCUT2D eigenvalue weighted by Crippen LogP contribution is 2.11. The van der Waals surface area contributed by atoms with Crippen LogP contribution in [-0.2, 0) is 6.42 Å². The molecule has 15 heavy (non-hydrogen) atoms. The smallest absolute Gasteiger partial charge is 0.108 e. The minimum atomic E-state index is 0.170. The van der Waals surface area contributed by atoms with Crippen molar-refractivity contribution in [3.63, 3.8) is 0 Å². The second-order valence-corrected chi connectivity index (χ2v) is 4.51. The summed E-state index contributed by atoms with van der Waals surface area (Å²) in [5, 5.41) is 20.9. The molecular formula is C11H15N3S. The highest BCUT2D eigenvalue weighted by atomic mass is 32.1. The van der Waals surface area contributed by atoms with Crippen molar-refractivity contribution in [1.82, 2.24) is 5.32 Å². The van der Waals surface area contributed by atoms with Gasteiger partial charge < -0.3 is 5.32 Å². The van der Waals surface area contributed by atoms with Gasteiger partial charge in [-0.25, -0.2) is 0 Å². The number of aryl methyl sites for hydroxylation is 1. The number of nitriles is 1. The third kappa shape index (κ3) is 4.61. The van der Waals surface area contributed by atoms with Gasteiger partial charge >= 0.3 is 0 Å². The molecule has 0 aromatic carbocycles. The van der Waals surface area contributed by atoms with Crippen LogP contribution in [-0.4, -0.2) is 11.9 Å². The van der Waals surface area contributed by atoms with Gasteiger partial charge in [0.1, 0.15) is 5.84 Å². The van der Waals surface area contributed by atoms with Crippen molar-refractivity contribution in [1.29, 1.82) is 10.7 Å². The highest BCUT2D eigenvalue weighted by Gasteiger charge is 2.04. The number of nitrogens with zero attached hydrogens (tertiary/aromatic N) is 1. The summed E-state index contributed by atoms with van der Waals surface area (Å²) in [5.41, 5.74) is 0. The molecule has 1 heterocycles. The van der Waals surface area contributed by atoms with Gasteiger partial charge in [-0.15, -0.1) is 11.3 Å². The van der Waals surface area contributed by atoms with E-state index in [9.17, 15) is 0 Å². The molecule has 0 aliphatic carbocycles. The Kier molecular flexibility index (Phi) is 4.85. The molecule has 2 N–H and O–H groups in total. The lowest BCUT2D eigenvalue weighted by molar-refractivity contribution is 0.604. The number of nitrogens with one attached hydrogen (secondary N) is 2. The molecule has 1 unspecified atom stereocenters. The van der Waals surface area contributed by atoms with Crippen molar-refractivity contribution in [2.45, 2.75) is 32.2 Å². The maximum Gasteiger partial charge on any atom is 0.108 e. The van der Waals surface area contributed by atoms with Crippen molar-refractivity contribution in [3.05, 3.63) is 22.4 Å². The first-order valence-corrected chi connectivity index (χ1v) is 5.83. The van der Waals surface area contributed by atoms with E-state index in [4.69, 9.17) is 10.7 Å². The van der Waals surface area contributed by atoms with Gasteiger partial charge in [0.05, 0.1) is 12.5 Å². The highest BCUT2D eigenvalue weighted by molar-refractivity contribution is 7.09. The van der Waals surface area contributed by atoms with Gasteiger partial charge in [0, 0.05) is 10.9 Å². The summed E-state index contributed by atoms with van der Waals surface area (Å²) in [6.07, 6.45) is 2.20. The SMILES string of the molecule is CC(CCc1cccs1)NC(=N)CC#N. The monoisotopic (exact) mass is 221 g/mol. The van der Waals surface area contributed by atoms with Gasteiger partial charge in [-0.1, -0.05) is 6.07 Å². The van der Waals surface area contributed by atoms with Gasteiger partial charge in [-0.05, 0) is 31.2 Å². The number of amidine groups is 1. The van der Waals surface area contributed by atoms with Crippen molar-refractivity contribution in [2.75, 3.05) is 0 Å². The average Bonchev–Trinajstić information content (AvgIpc) is 2.67. The quantitative estimate of drug-likeness (QED) is 0.593. The molecule has 1 aromatic rings. The third-order valence-electron chi connectivity index (χ3n) is 2.08. The number of hydrogen-bond donors (Lipinski definition) is 2. The molecule has 0 saturated heterocycles. The van der Waals surface area contributed by atoms with Crippen LogP contribution in [0.4, 0.5) is 0 Å². The minimum Gasteiger partial charge on any atom is -0.371 e. The van der Waals surface area contributed by atoms with Crippen LogP contribution in [0.3, 0.4) is 0 Å². The van der Waals surface area contributed by atoms with Crippen molar-refractivity contribution in [3.8, 4) is 6.07 Å². The Balaban J connectivity index is 2.22. The van der Waals surface area contributed by atoms with E-state index < -0.39 is 0 Å². The van der Waals surface area contributed by atoms with Crippen LogP contribution < -0.4 is 5.32 Å². The summed E-state index contributed by atoms with van der Waals surface area (Å²) >= 11 is 1.76. The molecule has 0 spiro atoms. The number of hydrogen-bond acceptors (Lipinski definition) is 3.